The summed E-state index contributed by atoms with van der Waals surface area (Å²) in [4.78, 5) is 19.9. The number of aromatic nitrogens is 2. The van der Waals surface area contributed by atoms with Crippen LogP contribution in [0.25, 0.3) is 21.3 Å². The summed E-state index contributed by atoms with van der Waals surface area (Å²) in [6, 6.07) is 9.18. The highest BCUT2D eigenvalue weighted by molar-refractivity contribution is 7.98. The van der Waals surface area contributed by atoms with Crippen LogP contribution in [0.15, 0.2) is 40.9 Å². The van der Waals surface area contributed by atoms with E-state index in [9.17, 15) is 4.79 Å². The van der Waals surface area contributed by atoms with E-state index in [0.29, 0.717) is 12.5 Å². The lowest BCUT2D eigenvalue weighted by atomic mass is 10.1. The number of carbonyl (C=O) groups is 1. The Hall–Kier alpha value is -2.24. The van der Waals surface area contributed by atoms with Gasteiger partial charge in [0.05, 0.1) is 10.2 Å². The zero-order valence-corrected chi connectivity index (χ0v) is 21.1. The number of rotatable bonds is 5. The van der Waals surface area contributed by atoms with E-state index >= 15 is 0 Å². The number of piperidine rings is 1. The average molecular weight is 495 g/mol. The minimum Gasteiger partial charge on any atom is -0.462 e. The van der Waals surface area contributed by atoms with Crippen LogP contribution in [0.5, 0.6) is 0 Å². The maximum Gasteiger partial charge on any atom is 0.293 e. The molecule has 3 aromatic rings. The Morgan fingerprint density at radius 3 is 2.36 bits per heavy atom. The number of benzene rings is 1. The van der Waals surface area contributed by atoms with Gasteiger partial charge in [0.1, 0.15) is 17.7 Å². The lowest BCUT2D eigenvalue weighted by molar-refractivity contribution is -0.138. The fourth-order valence-electron chi connectivity index (χ4n) is 3.23. The van der Waals surface area contributed by atoms with Crippen molar-refractivity contribution in [3.05, 3.63) is 36.0 Å². The molecule has 1 fully saturated rings. The number of nitrogens with zero attached hydrogens (tertiary/aromatic N) is 2. The van der Waals surface area contributed by atoms with E-state index in [1.165, 1.54) is 16.0 Å². The van der Waals surface area contributed by atoms with Crippen LogP contribution in [0, 0.1) is 0 Å². The minimum absolute atomic E-state index is 0. The summed E-state index contributed by atoms with van der Waals surface area (Å²) < 4.78 is 5.70. The van der Waals surface area contributed by atoms with Crippen molar-refractivity contribution in [1.29, 1.82) is 0 Å². The van der Waals surface area contributed by atoms with Crippen molar-refractivity contribution in [2.24, 2.45) is 0 Å². The van der Waals surface area contributed by atoms with Gasteiger partial charge in [0, 0.05) is 21.9 Å². The van der Waals surface area contributed by atoms with E-state index < -0.39 is 0 Å². The highest BCUT2D eigenvalue weighted by Gasteiger charge is 2.17. The SMILES string of the molecule is CC(C)(C)OC=O.CSc1ccc(-c2csc3c(NC4CCNCC4)ncnc23)cc1.O.O. The Labute approximate surface area is 203 Å². The van der Waals surface area contributed by atoms with Crippen LogP contribution in [0.1, 0.15) is 33.6 Å². The molecule has 182 valence electrons. The highest BCUT2D eigenvalue weighted by atomic mass is 32.2. The molecule has 8 nitrogen and oxygen atoms in total. The molecule has 10 heteroatoms. The second kappa shape index (κ2) is 13.5. The van der Waals surface area contributed by atoms with Crippen LogP contribution < -0.4 is 10.6 Å². The van der Waals surface area contributed by atoms with E-state index in [-0.39, 0.29) is 16.6 Å². The first-order chi connectivity index (χ1) is 14.9. The van der Waals surface area contributed by atoms with E-state index in [4.69, 9.17) is 0 Å². The molecule has 4 rings (SSSR count). The average Bonchev–Trinajstić information content (AvgIpc) is 3.19. The lowest BCUT2D eigenvalue weighted by Gasteiger charge is -2.24. The molecular weight excluding hydrogens is 460 g/mol. The fourth-order valence-corrected chi connectivity index (χ4v) is 4.62. The number of fused-ring (bicyclic) bond motifs is 1. The van der Waals surface area contributed by atoms with E-state index in [0.717, 1.165) is 42.0 Å². The van der Waals surface area contributed by atoms with E-state index in [1.54, 1.807) is 29.4 Å². The standard InChI is InChI=1S/C18H20N4S2.C5H10O2.2H2O/c1-23-14-4-2-12(3-5-14)15-10-24-17-16(15)20-11-21-18(17)22-13-6-8-19-9-7-13;1-5(2,3)7-4-6;;/h2-5,10-11,13,19H,6-9H2,1H3,(H,20,21,22);4H,1-3H3;2*1H2. The van der Waals surface area contributed by atoms with Crippen LogP contribution in [0.3, 0.4) is 0 Å². The molecule has 3 heterocycles. The third-order valence-electron chi connectivity index (χ3n) is 4.84. The summed E-state index contributed by atoms with van der Waals surface area (Å²) in [7, 11) is 0. The molecule has 0 unspecified atom stereocenters. The molecular formula is C23H34N4O4S2. The number of ether oxygens (including phenoxy) is 1. The first-order valence-corrected chi connectivity index (χ1v) is 12.5. The van der Waals surface area contributed by atoms with Crippen molar-refractivity contribution in [3.63, 3.8) is 0 Å². The van der Waals surface area contributed by atoms with Crippen molar-refractivity contribution in [1.82, 2.24) is 15.3 Å². The second-order valence-corrected chi connectivity index (χ2v) is 10.0. The van der Waals surface area contributed by atoms with Crippen LogP contribution in [0.2, 0.25) is 0 Å². The molecule has 1 saturated heterocycles. The second-order valence-electron chi connectivity index (χ2n) is 8.27. The van der Waals surface area contributed by atoms with Gasteiger partial charge in [-0.2, -0.15) is 0 Å². The molecule has 33 heavy (non-hydrogen) atoms. The van der Waals surface area contributed by atoms with Gasteiger partial charge in [-0.3, -0.25) is 4.79 Å². The van der Waals surface area contributed by atoms with Crippen LogP contribution in [-0.2, 0) is 9.53 Å². The maximum absolute atomic E-state index is 9.60. The Bertz CT molecular complexity index is 984. The third kappa shape index (κ3) is 8.24. The molecule has 2 aromatic heterocycles. The first-order valence-electron chi connectivity index (χ1n) is 10.4. The number of carbonyl (C=O) groups excluding carboxylic acids is 1. The number of nitrogens with one attached hydrogen (secondary N) is 2. The van der Waals surface area contributed by atoms with Crippen molar-refractivity contribution in [3.8, 4) is 11.1 Å². The van der Waals surface area contributed by atoms with Gasteiger partial charge in [-0.1, -0.05) is 12.1 Å². The highest BCUT2D eigenvalue weighted by Crippen LogP contribution is 2.36. The Balaban J connectivity index is 0.000000533. The van der Waals surface area contributed by atoms with Gasteiger partial charge >= 0.3 is 0 Å². The Kier molecular flexibility index (Phi) is 11.7. The smallest absolute Gasteiger partial charge is 0.293 e. The molecule has 0 bridgehead atoms. The van der Waals surface area contributed by atoms with Crippen molar-refractivity contribution in [2.45, 2.75) is 50.2 Å². The summed E-state index contributed by atoms with van der Waals surface area (Å²) in [5.41, 5.74) is 3.13. The quantitative estimate of drug-likeness (QED) is 0.408. The Morgan fingerprint density at radius 1 is 1.15 bits per heavy atom. The molecule has 0 saturated carbocycles. The molecule has 0 atom stereocenters. The number of hydrogen-bond acceptors (Lipinski definition) is 8. The summed E-state index contributed by atoms with van der Waals surface area (Å²) in [6.45, 7) is 8.07. The zero-order chi connectivity index (χ0) is 22.3. The van der Waals surface area contributed by atoms with Crippen molar-refractivity contribution in [2.75, 3.05) is 24.7 Å². The number of hydrogen-bond donors (Lipinski definition) is 2. The monoisotopic (exact) mass is 494 g/mol. The predicted molar refractivity (Wildman–Crippen MR) is 138 cm³/mol. The molecule has 1 aromatic carbocycles. The van der Waals surface area contributed by atoms with Crippen LogP contribution >= 0.6 is 23.1 Å². The molecule has 0 aliphatic carbocycles. The summed E-state index contributed by atoms with van der Waals surface area (Å²) in [5.74, 6) is 0.976. The van der Waals surface area contributed by atoms with E-state index in [2.05, 4.69) is 61.2 Å². The number of thiophene rings is 1. The minimum atomic E-state index is -0.318. The maximum atomic E-state index is 9.60. The molecule has 0 spiro atoms. The summed E-state index contributed by atoms with van der Waals surface area (Å²) >= 11 is 3.49. The number of thioether (sulfide) groups is 1. The molecule has 0 amide bonds. The van der Waals surface area contributed by atoms with Gasteiger partial charge in [-0.05, 0) is 70.7 Å². The zero-order valence-electron chi connectivity index (χ0n) is 19.5. The van der Waals surface area contributed by atoms with Crippen molar-refractivity contribution >= 4 is 45.6 Å². The molecule has 0 radical (unpaired) electrons. The lowest BCUT2D eigenvalue weighted by Crippen LogP contribution is -2.35. The van der Waals surface area contributed by atoms with Gasteiger partial charge < -0.3 is 26.3 Å². The largest absolute Gasteiger partial charge is 0.462 e. The fraction of sp³-hybridized carbons (Fsp3) is 0.435. The van der Waals surface area contributed by atoms with Gasteiger partial charge in [0.15, 0.2) is 0 Å². The van der Waals surface area contributed by atoms with Gasteiger partial charge in [-0.25, -0.2) is 9.97 Å². The van der Waals surface area contributed by atoms with Crippen LogP contribution in [0.4, 0.5) is 5.82 Å². The first kappa shape index (κ1) is 28.8. The third-order valence-corrected chi connectivity index (χ3v) is 6.56. The molecule has 1 aliphatic rings. The summed E-state index contributed by atoms with van der Waals surface area (Å²) in [5, 5.41) is 9.22. The molecule has 1 aliphatic heterocycles. The molecule has 6 N–H and O–H groups in total. The predicted octanol–water partition coefficient (Wildman–Crippen LogP) is 3.55. The summed E-state index contributed by atoms with van der Waals surface area (Å²) in [6.07, 6.45) is 6.05. The number of anilines is 1. The van der Waals surface area contributed by atoms with Gasteiger partial charge in [-0.15, -0.1) is 23.1 Å². The topological polar surface area (TPSA) is 139 Å². The van der Waals surface area contributed by atoms with Gasteiger partial charge in [0.25, 0.3) is 6.47 Å². The van der Waals surface area contributed by atoms with E-state index in [1.807, 2.05) is 20.8 Å². The van der Waals surface area contributed by atoms with Crippen molar-refractivity contribution < 1.29 is 20.5 Å². The Morgan fingerprint density at radius 2 is 1.82 bits per heavy atom. The van der Waals surface area contributed by atoms with Crippen LogP contribution in [-0.4, -0.2) is 58.4 Å². The normalized spacial score (nSPS) is 13.7. The van der Waals surface area contributed by atoms with Gasteiger partial charge in [0.2, 0.25) is 0 Å².